The zero-order chi connectivity index (χ0) is 11.8. The van der Waals surface area contributed by atoms with Crippen LogP contribution in [0, 0.1) is 0 Å². The summed E-state index contributed by atoms with van der Waals surface area (Å²) in [4.78, 5) is 10.8. The zero-order valence-electron chi connectivity index (χ0n) is 9.78. The van der Waals surface area contributed by atoms with E-state index in [4.69, 9.17) is 14.6 Å². The van der Waals surface area contributed by atoms with E-state index in [1.165, 1.54) is 6.42 Å². The Balaban J connectivity index is 2.13. The van der Waals surface area contributed by atoms with E-state index in [1.54, 1.807) is 0 Å². The Kier molecular flexibility index (Phi) is 6.37. The summed E-state index contributed by atoms with van der Waals surface area (Å²) < 4.78 is 10.9. The maximum atomic E-state index is 10.8. The van der Waals surface area contributed by atoms with Gasteiger partial charge >= 0.3 is 5.97 Å². The van der Waals surface area contributed by atoms with Gasteiger partial charge in [-0.3, -0.25) is 4.79 Å². The van der Waals surface area contributed by atoms with Crippen molar-refractivity contribution < 1.29 is 19.4 Å². The number of likely N-dealkylation sites (N-methyl/N-ethyl adjacent to an activating group) is 1. The minimum Gasteiger partial charge on any atom is -0.480 e. The molecule has 1 fully saturated rings. The molecular weight excluding hydrogens is 210 g/mol. The van der Waals surface area contributed by atoms with E-state index >= 15 is 0 Å². The molecule has 5 nitrogen and oxygen atoms in total. The second-order valence-corrected chi connectivity index (χ2v) is 3.97. The number of aliphatic carboxylic acids is 1. The minimum atomic E-state index is -0.869. The van der Waals surface area contributed by atoms with Crippen molar-refractivity contribution in [3.8, 4) is 0 Å². The second-order valence-electron chi connectivity index (χ2n) is 3.97. The number of carboxylic acids is 1. The first-order valence-electron chi connectivity index (χ1n) is 5.89. The standard InChI is InChI=1S/C11H21NO4/c1-2-12-10(11(13)14)8-15-7-9-5-3-4-6-16-9/h9-10,12H,2-8H2,1H3,(H,13,14). The monoisotopic (exact) mass is 231 g/mol. The third-order valence-corrected chi connectivity index (χ3v) is 2.61. The molecule has 2 atom stereocenters. The highest BCUT2D eigenvalue weighted by Gasteiger charge is 2.18. The third-order valence-electron chi connectivity index (χ3n) is 2.61. The molecule has 0 aromatic heterocycles. The van der Waals surface area contributed by atoms with Gasteiger partial charge in [0, 0.05) is 6.61 Å². The number of hydrogen-bond donors (Lipinski definition) is 2. The van der Waals surface area contributed by atoms with Gasteiger partial charge in [-0.25, -0.2) is 0 Å². The topological polar surface area (TPSA) is 67.8 Å². The summed E-state index contributed by atoms with van der Waals surface area (Å²) in [7, 11) is 0. The highest BCUT2D eigenvalue weighted by atomic mass is 16.5. The van der Waals surface area contributed by atoms with Crippen molar-refractivity contribution in [3.63, 3.8) is 0 Å². The van der Waals surface area contributed by atoms with Gasteiger partial charge in [-0.05, 0) is 25.8 Å². The van der Waals surface area contributed by atoms with Crippen LogP contribution in [-0.4, -0.2) is 49.6 Å². The van der Waals surface area contributed by atoms with Crippen LogP contribution in [0.4, 0.5) is 0 Å². The molecule has 0 aliphatic carbocycles. The van der Waals surface area contributed by atoms with Gasteiger partial charge in [0.15, 0.2) is 0 Å². The average molecular weight is 231 g/mol. The molecule has 0 bridgehead atoms. The Bertz CT molecular complexity index is 204. The molecule has 16 heavy (non-hydrogen) atoms. The predicted octanol–water partition coefficient (Wildman–Crippen LogP) is 0.635. The van der Waals surface area contributed by atoms with Crippen LogP contribution < -0.4 is 5.32 Å². The molecular formula is C11H21NO4. The largest absolute Gasteiger partial charge is 0.480 e. The minimum absolute atomic E-state index is 0.143. The highest BCUT2D eigenvalue weighted by molar-refractivity contribution is 5.73. The van der Waals surface area contributed by atoms with Gasteiger partial charge < -0.3 is 19.9 Å². The van der Waals surface area contributed by atoms with Crippen molar-refractivity contribution in [2.24, 2.45) is 0 Å². The maximum Gasteiger partial charge on any atom is 0.323 e. The normalized spacial score (nSPS) is 22.9. The van der Waals surface area contributed by atoms with Crippen molar-refractivity contribution in [1.82, 2.24) is 5.32 Å². The third kappa shape index (κ3) is 4.92. The molecule has 1 aliphatic heterocycles. The SMILES string of the molecule is CCNC(COCC1CCCCO1)C(=O)O. The van der Waals surface area contributed by atoms with Crippen molar-refractivity contribution in [3.05, 3.63) is 0 Å². The smallest absolute Gasteiger partial charge is 0.323 e. The van der Waals surface area contributed by atoms with Crippen molar-refractivity contribution >= 4 is 5.97 Å². The van der Waals surface area contributed by atoms with Crippen molar-refractivity contribution in [1.29, 1.82) is 0 Å². The zero-order valence-corrected chi connectivity index (χ0v) is 9.78. The molecule has 5 heteroatoms. The quantitative estimate of drug-likeness (QED) is 0.673. The Hall–Kier alpha value is -0.650. The number of hydrogen-bond acceptors (Lipinski definition) is 4. The fraction of sp³-hybridized carbons (Fsp3) is 0.909. The molecule has 2 N–H and O–H groups in total. The van der Waals surface area contributed by atoms with E-state index in [2.05, 4.69) is 5.32 Å². The Morgan fingerprint density at radius 2 is 2.44 bits per heavy atom. The van der Waals surface area contributed by atoms with E-state index in [-0.39, 0.29) is 12.7 Å². The van der Waals surface area contributed by atoms with E-state index in [0.29, 0.717) is 13.2 Å². The van der Waals surface area contributed by atoms with E-state index < -0.39 is 12.0 Å². The summed E-state index contributed by atoms with van der Waals surface area (Å²) in [5, 5.41) is 11.7. The fourth-order valence-electron chi connectivity index (χ4n) is 1.72. The van der Waals surface area contributed by atoms with Crippen LogP contribution in [0.1, 0.15) is 26.2 Å². The Morgan fingerprint density at radius 3 is 3.00 bits per heavy atom. The van der Waals surface area contributed by atoms with Crippen LogP contribution in [0.2, 0.25) is 0 Å². The van der Waals surface area contributed by atoms with Crippen LogP contribution in [0.25, 0.3) is 0 Å². The molecule has 1 aliphatic rings. The molecule has 1 rings (SSSR count). The van der Waals surface area contributed by atoms with Gasteiger partial charge in [-0.2, -0.15) is 0 Å². The maximum absolute atomic E-state index is 10.8. The number of carbonyl (C=O) groups is 1. The van der Waals surface area contributed by atoms with Gasteiger partial charge in [-0.15, -0.1) is 0 Å². The molecule has 1 saturated heterocycles. The first-order chi connectivity index (χ1) is 7.74. The Morgan fingerprint density at radius 1 is 1.62 bits per heavy atom. The van der Waals surface area contributed by atoms with Crippen LogP contribution in [0.15, 0.2) is 0 Å². The second kappa shape index (κ2) is 7.60. The molecule has 0 amide bonds. The van der Waals surface area contributed by atoms with Gasteiger partial charge in [-0.1, -0.05) is 6.92 Å². The van der Waals surface area contributed by atoms with Gasteiger partial charge in [0.2, 0.25) is 0 Å². The summed E-state index contributed by atoms with van der Waals surface area (Å²) in [5.74, 6) is -0.869. The van der Waals surface area contributed by atoms with Crippen LogP contribution in [-0.2, 0) is 14.3 Å². The molecule has 0 spiro atoms. The van der Waals surface area contributed by atoms with Gasteiger partial charge in [0.05, 0.1) is 19.3 Å². The Labute approximate surface area is 96.1 Å². The number of nitrogens with one attached hydrogen (secondary N) is 1. The van der Waals surface area contributed by atoms with E-state index in [0.717, 1.165) is 19.4 Å². The van der Waals surface area contributed by atoms with Gasteiger partial charge in [0.25, 0.3) is 0 Å². The molecule has 94 valence electrons. The summed E-state index contributed by atoms with van der Waals surface area (Å²) in [6.45, 7) is 3.99. The molecule has 0 aromatic carbocycles. The van der Waals surface area contributed by atoms with Crippen LogP contribution in [0.5, 0.6) is 0 Å². The molecule has 2 unspecified atom stereocenters. The van der Waals surface area contributed by atoms with Crippen molar-refractivity contribution in [2.75, 3.05) is 26.4 Å². The van der Waals surface area contributed by atoms with E-state index in [1.807, 2.05) is 6.92 Å². The lowest BCUT2D eigenvalue weighted by Gasteiger charge is -2.23. The van der Waals surface area contributed by atoms with E-state index in [9.17, 15) is 4.79 Å². The summed E-state index contributed by atoms with van der Waals surface area (Å²) in [5.41, 5.74) is 0. The molecule has 0 saturated carbocycles. The fourth-order valence-corrected chi connectivity index (χ4v) is 1.72. The van der Waals surface area contributed by atoms with Gasteiger partial charge in [0.1, 0.15) is 6.04 Å². The number of ether oxygens (including phenoxy) is 2. The first-order valence-corrected chi connectivity index (χ1v) is 5.89. The molecule has 0 aromatic rings. The van der Waals surface area contributed by atoms with Crippen LogP contribution in [0.3, 0.4) is 0 Å². The average Bonchev–Trinajstić information content (AvgIpc) is 2.29. The van der Waals surface area contributed by atoms with Crippen molar-refractivity contribution in [2.45, 2.75) is 38.3 Å². The summed E-state index contributed by atoms with van der Waals surface area (Å²) in [6.07, 6.45) is 3.44. The summed E-state index contributed by atoms with van der Waals surface area (Å²) in [6, 6.07) is -0.617. The molecule has 1 heterocycles. The lowest BCUT2D eigenvalue weighted by Crippen LogP contribution is -2.41. The highest BCUT2D eigenvalue weighted by Crippen LogP contribution is 2.12. The first kappa shape index (κ1) is 13.4. The number of rotatable bonds is 7. The lowest BCUT2D eigenvalue weighted by molar-refractivity contribution is -0.141. The summed E-state index contributed by atoms with van der Waals surface area (Å²) >= 11 is 0. The van der Waals surface area contributed by atoms with Crippen LogP contribution >= 0.6 is 0 Å². The lowest BCUT2D eigenvalue weighted by atomic mass is 10.1. The predicted molar refractivity (Wildman–Crippen MR) is 59.5 cm³/mol. The number of carboxylic acid groups (broad SMARTS) is 1. The molecule has 0 radical (unpaired) electrons.